The van der Waals surface area contributed by atoms with Crippen molar-refractivity contribution < 1.29 is 27.5 Å². The minimum absolute atomic E-state index is 0.00160. The van der Waals surface area contributed by atoms with E-state index >= 15 is 0 Å². The third-order valence-electron chi connectivity index (χ3n) is 7.12. The van der Waals surface area contributed by atoms with E-state index in [9.17, 15) is 22.8 Å². The summed E-state index contributed by atoms with van der Waals surface area (Å²) < 4.78 is 44.2. The molecular formula is C22H27F3N4O3. The lowest BCUT2D eigenvalue weighted by atomic mass is 9.72. The molecule has 4 fully saturated rings. The van der Waals surface area contributed by atoms with Gasteiger partial charge in [0, 0.05) is 61.9 Å². The van der Waals surface area contributed by atoms with E-state index < -0.39 is 11.7 Å². The molecule has 3 amide bonds. The SMILES string of the molecule is O=C1COC[C@H]2CCN(C(=O)N3CC4(C3)CN(C3=CC=C(C(F)(F)F)CC=C3)C4)C[C@H]2N1. The number of fused-ring (bicyclic) bond motifs is 1. The average molecular weight is 452 g/mol. The molecule has 5 rings (SSSR count). The molecule has 0 radical (unpaired) electrons. The molecule has 4 saturated heterocycles. The molecule has 10 heteroatoms. The highest BCUT2D eigenvalue weighted by atomic mass is 19.4. The summed E-state index contributed by atoms with van der Waals surface area (Å²) in [7, 11) is 0. The molecule has 0 aromatic rings. The number of nitrogens with zero attached hydrogens (tertiary/aromatic N) is 3. The van der Waals surface area contributed by atoms with Crippen LogP contribution < -0.4 is 5.32 Å². The van der Waals surface area contributed by atoms with Crippen molar-refractivity contribution in [2.45, 2.75) is 25.1 Å². The number of rotatable bonds is 1. The summed E-state index contributed by atoms with van der Waals surface area (Å²) >= 11 is 0. The first-order chi connectivity index (χ1) is 15.2. The lowest BCUT2D eigenvalue weighted by molar-refractivity contribution is -0.124. The Morgan fingerprint density at radius 3 is 2.69 bits per heavy atom. The number of urea groups is 1. The fourth-order valence-electron chi connectivity index (χ4n) is 5.37. The van der Waals surface area contributed by atoms with Gasteiger partial charge in [0.05, 0.1) is 12.6 Å². The largest absolute Gasteiger partial charge is 0.412 e. The minimum Gasteiger partial charge on any atom is -0.371 e. The maximum Gasteiger partial charge on any atom is 0.412 e. The molecule has 4 heterocycles. The Morgan fingerprint density at radius 1 is 1.16 bits per heavy atom. The van der Waals surface area contributed by atoms with Gasteiger partial charge in [0.1, 0.15) is 6.61 Å². The summed E-state index contributed by atoms with van der Waals surface area (Å²) in [5.74, 6) is 0.101. The van der Waals surface area contributed by atoms with Crippen LogP contribution in [0.4, 0.5) is 18.0 Å². The Bertz CT molecular complexity index is 883. The van der Waals surface area contributed by atoms with Gasteiger partial charge in [0.2, 0.25) is 5.91 Å². The summed E-state index contributed by atoms with van der Waals surface area (Å²) in [5, 5.41) is 2.97. The highest BCUT2D eigenvalue weighted by molar-refractivity contribution is 5.78. The number of hydrogen-bond donors (Lipinski definition) is 1. The van der Waals surface area contributed by atoms with Gasteiger partial charge in [-0.3, -0.25) is 4.79 Å². The predicted molar refractivity (Wildman–Crippen MR) is 109 cm³/mol. The number of likely N-dealkylation sites (tertiary alicyclic amines) is 3. The third-order valence-corrected chi connectivity index (χ3v) is 7.12. The molecule has 5 aliphatic rings. The van der Waals surface area contributed by atoms with Crippen LogP contribution in [-0.2, 0) is 9.53 Å². The number of amides is 3. The highest BCUT2D eigenvalue weighted by Gasteiger charge is 2.54. The molecule has 0 bridgehead atoms. The molecule has 32 heavy (non-hydrogen) atoms. The van der Waals surface area contributed by atoms with Gasteiger partial charge in [-0.25, -0.2) is 4.79 Å². The van der Waals surface area contributed by atoms with E-state index in [1.165, 1.54) is 6.08 Å². The van der Waals surface area contributed by atoms with E-state index in [0.717, 1.165) is 31.3 Å². The lowest BCUT2D eigenvalue weighted by Gasteiger charge is -2.61. The van der Waals surface area contributed by atoms with Crippen molar-refractivity contribution in [2.75, 3.05) is 52.5 Å². The fourth-order valence-corrected chi connectivity index (χ4v) is 5.37. The number of nitrogens with one attached hydrogen (secondary N) is 1. The van der Waals surface area contributed by atoms with Gasteiger partial charge >= 0.3 is 12.2 Å². The van der Waals surface area contributed by atoms with Gasteiger partial charge in [-0.1, -0.05) is 12.2 Å². The second-order valence-corrected chi connectivity index (χ2v) is 9.57. The van der Waals surface area contributed by atoms with E-state index in [4.69, 9.17) is 4.74 Å². The number of hydrogen-bond acceptors (Lipinski definition) is 4. The zero-order valence-corrected chi connectivity index (χ0v) is 17.7. The van der Waals surface area contributed by atoms with Crippen LogP contribution >= 0.6 is 0 Å². The molecule has 7 nitrogen and oxygen atoms in total. The molecule has 1 spiro atoms. The first-order valence-corrected chi connectivity index (χ1v) is 11.0. The van der Waals surface area contributed by atoms with Crippen molar-refractivity contribution in [3.8, 4) is 0 Å². The molecule has 0 unspecified atom stereocenters. The van der Waals surface area contributed by atoms with Gasteiger partial charge in [-0.15, -0.1) is 0 Å². The lowest BCUT2D eigenvalue weighted by Crippen LogP contribution is -2.73. The second kappa shape index (κ2) is 7.83. The zero-order chi connectivity index (χ0) is 22.5. The van der Waals surface area contributed by atoms with Crippen molar-refractivity contribution in [2.24, 2.45) is 11.3 Å². The minimum atomic E-state index is -4.30. The van der Waals surface area contributed by atoms with Crippen LogP contribution in [0.5, 0.6) is 0 Å². The molecule has 174 valence electrons. The summed E-state index contributed by atoms with van der Waals surface area (Å²) in [6.45, 7) is 4.55. The number of carbonyl (C=O) groups excluding carboxylic acids is 2. The Balaban J connectivity index is 1.13. The number of carbonyl (C=O) groups is 2. The third kappa shape index (κ3) is 4.00. The van der Waals surface area contributed by atoms with Crippen molar-refractivity contribution in [3.63, 3.8) is 0 Å². The first kappa shape index (κ1) is 21.4. The molecule has 1 aliphatic carbocycles. The van der Waals surface area contributed by atoms with Crippen LogP contribution in [-0.4, -0.2) is 91.3 Å². The van der Waals surface area contributed by atoms with E-state index in [2.05, 4.69) is 10.2 Å². The number of piperidine rings is 1. The topological polar surface area (TPSA) is 65.1 Å². The first-order valence-electron chi connectivity index (χ1n) is 11.0. The smallest absolute Gasteiger partial charge is 0.371 e. The van der Waals surface area contributed by atoms with Gasteiger partial charge in [0.25, 0.3) is 0 Å². The number of allylic oxidation sites excluding steroid dienone is 5. The molecule has 0 aromatic heterocycles. The normalized spacial score (nSPS) is 29.7. The molecular weight excluding hydrogens is 425 g/mol. The summed E-state index contributed by atoms with van der Waals surface area (Å²) in [5.41, 5.74) is 0.267. The Hall–Kier alpha value is -2.49. The maximum atomic E-state index is 13.0. The van der Waals surface area contributed by atoms with Crippen LogP contribution in [0.25, 0.3) is 0 Å². The predicted octanol–water partition coefficient (Wildman–Crippen LogP) is 1.89. The molecule has 0 saturated carbocycles. The monoisotopic (exact) mass is 452 g/mol. The number of halogens is 3. The fraction of sp³-hybridized carbons (Fsp3) is 0.636. The molecule has 0 aromatic carbocycles. The summed E-state index contributed by atoms with van der Waals surface area (Å²) in [6, 6.07) is -0.0704. The zero-order valence-electron chi connectivity index (χ0n) is 17.7. The van der Waals surface area contributed by atoms with Crippen LogP contribution in [0.3, 0.4) is 0 Å². The van der Waals surface area contributed by atoms with Crippen LogP contribution in [0.2, 0.25) is 0 Å². The van der Waals surface area contributed by atoms with Gasteiger partial charge in [-0.05, 0) is 25.0 Å². The van der Waals surface area contributed by atoms with Crippen LogP contribution in [0, 0.1) is 11.3 Å². The van der Waals surface area contributed by atoms with Crippen molar-refractivity contribution in [3.05, 3.63) is 35.6 Å². The van der Waals surface area contributed by atoms with E-state index in [1.54, 1.807) is 12.2 Å². The van der Waals surface area contributed by atoms with Crippen molar-refractivity contribution >= 4 is 11.9 Å². The summed E-state index contributed by atoms with van der Waals surface area (Å²) in [6.07, 6.45) is 2.39. The Kier molecular flexibility index (Phi) is 5.22. The standard InChI is InChI=1S/C22H27F3N4O3/c23-22(24,25)16-2-1-3-17(5-4-16)28-11-21(12-28)13-29(14-21)20(31)27-7-6-15-9-32-10-19(30)26-18(15)8-27/h1,3-5,15,18H,2,6-14H2,(H,26,30)/t15-,18-/m1/s1. The second-order valence-electron chi connectivity index (χ2n) is 9.57. The number of alkyl halides is 3. The molecule has 2 atom stereocenters. The average Bonchev–Trinajstić information content (AvgIpc) is 3.02. The number of ether oxygens (including phenoxy) is 1. The highest BCUT2D eigenvalue weighted by Crippen LogP contribution is 2.43. The van der Waals surface area contributed by atoms with Gasteiger partial charge in [-0.2, -0.15) is 13.2 Å². The van der Waals surface area contributed by atoms with E-state index in [1.807, 2.05) is 9.80 Å². The quantitative estimate of drug-likeness (QED) is 0.660. The van der Waals surface area contributed by atoms with Crippen molar-refractivity contribution in [1.82, 2.24) is 20.0 Å². The van der Waals surface area contributed by atoms with Crippen LogP contribution in [0.1, 0.15) is 12.8 Å². The Labute approximate surface area is 184 Å². The van der Waals surface area contributed by atoms with Gasteiger partial charge in [0.15, 0.2) is 0 Å². The summed E-state index contributed by atoms with van der Waals surface area (Å²) in [4.78, 5) is 30.5. The molecule has 4 aliphatic heterocycles. The van der Waals surface area contributed by atoms with E-state index in [0.29, 0.717) is 32.8 Å². The van der Waals surface area contributed by atoms with Crippen molar-refractivity contribution in [1.29, 1.82) is 0 Å². The van der Waals surface area contributed by atoms with E-state index in [-0.39, 0.29) is 42.3 Å². The molecule has 1 N–H and O–H groups in total. The maximum absolute atomic E-state index is 13.0. The van der Waals surface area contributed by atoms with Crippen LogP contribution in [0.15, 0.2) is 35.6 Å². The van der Waals surface area contributed by atoms with Gasteiger partial charge < -0.3 is 24.8 Å². The Morgan fingerprint density at radius 2 is 1.94 bits per heavy atom.